The Morgan fingerprint density at radius 1 is 1.10 bits per heavy atom. The number of H-pyrrole nitrogens is 1. The normalized spacial score (nSPS) is 15.1. The molecule has 2 amide bonds. The van der Waals surface area contributed by atoms with Crippen molar-refractivity contribution in [2.24, 2.45) is 0 Å². The number of hydrogen-bond donors (Lipinski definition) is 4. The fourth-order valence-corrected chi connectivity index (χ4v) is 3.58. The van der Waals surface area contributed by atoms with Gasteiger partial charge in [0.05, 0.1) is 22.2 Å². The first-order valence-corrected chi connectivity index (χ1v) is 9.68. The summed E-state index contributed by atoms with van der Waals surface area (Å²) in [6, 6.07) is 13.6. The van der Waals surface area contributed by atoms with Gasteiger partial charge in [-0.1, -0.05) is 41.4 Å². The molecule has 0 saturated heterocycles. The Bertz CT molecular complexity index is 1200. The van der Waals surface area contributed by atoms with Gasteiger partial charge in [0.2, 0.25) is 17.8 Å². The van der Waals surface area contributed by atoms with Gasteiger partial charge >= 0.3 is 0 Å². The highest BCUT2D eigenvalue weighted by Gasteiger charge is 2.34. The fraction of sp³-hybridized carbons (Fsp3) is 0.100. The number of halogens is 2. The predicted molar refractivity (Wildman–Crippen MR) is 116 cm³/mol. The Labute approximate surface area is 180 Å². The third-order valence-electron chi connectivity index (χ3n) is 4.49. The van der Waals surface area contributed by atoms with Gasteiger partial charge in [0.1, 0.15) is 5.82 Å². The SMILES string of the molecule is O=C1C[C@H](C(=O)Nc2ccccc2)c2c(nc(Nc3ccc(Cl)cc3Cl)[nH]c2=O)N1. The Balaban J connectivity index is 1.65. The number of hydrogen-bond acceptors (Lipinski definition) is 5. The monoisotopic (exact) mass is 443 g/mol. The molecule has 3 aromatic rings. The van der Waals surface area contributed by atoms with Gasteiger partial charge in [-0.3, -0.25) is 19.4 Å². The molecule has 1 aliphatic rings. The lowest BCUT2D eigenvalue weighted by Gasteiger charge is -2.23. The lowest BCUT2D eigenvalue weighted by molar-refractivity contribution is -0.123. The summed E-state index contributed by atoms with van der Waals surface area (Å²) in [5.74, 6) is -1.77. The molecule has 4 N–H and O–H groups in total. The number of anilines is 4. The highest BCUT2D eigenvalue weighted by Crippen LogP contribution is 2.31. The van der Waals surface area contributed by atoms with E-state index >= 15 is 0 Å². The number of rotatable bonds is 4. The van der Waals surface area contributed by atoms with Crippen LogP contribution in [0.25, 0.3) is 0 Å². The molecule has 10 heteroatoms. The van der Waals surface area contributed by atoms with Crippen LogP contribution in [-0.2, 0) is 9.59 Å². The second-order valence-electron chi connectivity index (χ2n) is 6.59. The van der Waals surface area contributed by atoms with Gasteiger partial charge in [-0.05, 0) is 30.3 Å². The van der Waals surface area contributed by atoms with E-state index in [4.69, 9.17) is 23.2 Å². The van der Waals surface area contributed by atoms with Crippen molar-refractivity contribution in [1.82, 2.24) is 9.97 Å². The van der Waals surface area contributed by atoms with E-state index in [1.807, 2.05) is 6.07 Å². The first kappa shape index (κ1) is 19.9. The molecule has 0 aliphatic carbocycles. The van der Waals surface area contributed by atoms with Crippen molar-refractivity contribution in [1.29, 1.82) is 0 Å². The van der Waals surface area contributed by atoms with Gasteiger partial charge in [0.25, 0.3) is 5.56 Å². The van der Waals surface area contributed by atoms with Crippen LogP contribution >= 0.6 is 23.2 Å². The average molecular weight is 444 g/mol. The molecule has 4 rings (SSSR count). The van der Waals surface area contributed by atoms with E-state index in [9.17, 15) is 14.4 Å². The highest BCUT2D eigenvalue weighted by atomic mass is 35.5. The lowest BCUT2D eigenvalue weighted by Crippen LogP contribution is -2.36. The van der Waals surface area contributed by atoms with Crippen molar-refractivity contribution in [2.75, 3.05) is 16.0 Å². The van der Waals surface area contributed by atoms with E-state index in [-0.39, 0.29) is 23.8 Å². The quantitative estimate of drug-likeness (QED) is 0.488. The number of amides is 2. The minimum atomic E-state index is -0.974. The molecule has 0 spiro atoms. The maximum atomic E-state index is 12.8. The highest BCUT2D eigenvalue weighted by molar-refractivity contribution is 6.36. The summed E-state index contributed by atoms with van der Waals surface area (Å²) < 4.78 is 0. The number of para-hydroxylation sites is 1. The third-order valence-corrected chi connectivity index (χ3v) is 5.04. The second kappa shape index (κ2) is 8.17. The van der Waals surface area contributed by atoms with Crippen LogP contribution in [0.5, 0.6) is 0 Å². The molecule has 1 aromatic heterocycles. The third kappa shape index (κ3) is 4.14. The predicted octanol–water partition coefficient (Wildman–Crippen LogP) is 3.88. The summed E-state index contributed by atoms with van der Waals surface area (Å²) in [6.45, 7) is 0. The summed E-state index contributed by atoms with van der Waals surface area (Å²) in [7, 11) is 0. The summed E-state index contributed by atoms with van der Waals surface area (Å²) in [4.78, 5) is 44.5. The zero-order chi connectivity index (χ0) is 21.3. The van der Waals surface area contributed by atoms with Gasteiger partial charge in [-0.25, -0.2) is 0 Å². The summed E-state index contributed by atoms with van der Waals surface area (Å²) >= 11 is 12.0. The van der Waals surface area contributed by atoms with E-state index in [0.29, 0.717) is 21.4 Å². The molecular formula is C20H15Cl2N5O3. The lowest BCUT2D eigenvalue weighted by atomic mass is 9.92. The van der Waals surface area contributed by atoms with Gasteiger partial charge in [-0.2, -0.15) is 4.98 Å². The van der Waals surface area contributed by atoms with Crippen molar-refractivity contribution < 1.29 is 9.59 Å². The molecule has 8 nitrogen and oxygen atoms in total. The first-order valence-electron chi connectivity index (χ1n) is 8.93. The topological polar surface area (TPSA) is 116 Å². The van der Waals surface area contributed by atoms with Gasteiger partial charge in [0, 0.05) is 17.1 Å². The minimum absolute atomic E-state index is 0.0239. The molecule has 1 aliphatic heterocycles. The number of fused-ring (bicyclic) bond motifs is 1. The van der Waals surface area contributed by atoms with Crippen LogP contribution < -0.4 is 21.5 Å². The Morgan fingerprint density at radius 3 is 2.60 bits per heavy atom. The van der Waals surface area contributed by atoms with Crippen molar-refractivity contribution in [3.05, 3.63) is 74.5 Å². The van der Waals surface area contributed by atoms with E-state index < -0.39 is 23.3 Å². The molecule has 152 valence electrons. The maximum Gasteiger partial charge on any atom is 0.258 e. The zero-order valence-electron chi connectivity index (χ0n) is 15.3. The van der Waals surface area contributed by atoms with Crippen molar-refractivity contribution in [3.8, 4) is 0 Å². The van der Waals surface area contributed by atoms with Crippen molar-refractivity contribution in [2.45, 2.75) is 12.3 Å². The van der Waals surface area contributed by atoms with Crippen LogP contribution in [0.15, 0.2) is 53.3 Å². The summed E-state index contributed by atoms with van der Waals surface area (Å²) in [6.07, 6.45) is -0.161. The molecule has 0 bridgehead atoms. The zero-order valence-corrected chi connectivity index (χ0v) is 16.8. The number of aromatic amines is 1. The molecule has 2 heterocycles. The largest absolute Gasteiger partial charge is 0.326 e. The summed E-state index contributed by atoms with van der Waals surface area (Å²) in [5, 5.41) is 8.94. The average Bonchev–Trinajstić information content (AvgIpc) is 2.70. The maximum absolute atomic E-state index is 12.8. The summed E-state index contributed by atoms with van der Waals surface area (Å²) in [5.41, 5.74) is 0.580. The Morgan fingerprint density at radius 2 is 1.87 bits per heavy atom. The van der Waals surface area contributed by atoms with Crippen LogP contribution in [0.1, 0.15) is 17.9 Å². The van der Waals surface area contributed by atoms with Crippen LogP contribution in [0.2, 0.25) is 10.0 Å². The molecule has 0 unspecified atom stereocenters. The van der Waals surface area contributed by atoms with E-state index in [1.165, 1.54) is 6.07 Å². The molecule has 0 radical (unpaired) electrons. The number of nitrogens with zero attached hydrogens (tertiary/aromatic N) is 1. The molecule has 2 aromatic carbocycles. The standard InChI is InChI=1S/C20H15Cl2N5O3/c21-10-6-7-14(13(22)8-10)24-20-26-17-16(19(30)27-20)12(9-15(28)25-17)18(29)23-11-4-2-1-3-5-11/h1-8,12H,9H2,(H,23,29)(H3,24,25,26,27,28,30)/t12-/m0/s1. The smallest absolute Gasteiger partial charge is 0.258 e. The molecule has 1 atom stereocenters. The van der Waals surface area contributed by atoms with E-state index in [1.54, 1.807) is 36.4 Å². The molecule has 30 heavy (non-hydrogen) atoms. The van der Waals surface area contributed by atoms with E-state index in [2.05, 4.69) is 25.9 Å². The fourth-order valence-electron chi connectivity index (χ4n) is 3.12. The van der Waals surface area contributed by atoms with Gasteiger partial charge in [0.15, 0.2) is 0 Å². The van der Waals surface area contributed by atoms with Crippen LogP contribution in [-0.4, -0.2) is 21.8 Å². The molecule has 0 fully saturated rings. The Hall–Kier alpha value is -3.36. The van der Waals surface area contributed by atoms with Crippen LogP contribution in [0.4, 0.5) is 23.1 Å². The second-order valence-corrected chi connectivity index (χ2v) is 7.43. The number of benzene rings is 2. The first-order chi connectivity index (χ1) is 14.4. The van der Waals surface area contributed by atoms with Gasteiger partial charge < -0.3 is 16.0 Å². The van der Waals surface area contributed by atoms with Crippen LogP contribution in [0.3, 0.4) is 0 Å². The molecular weight excluding hydrogens is 429 g/mol. The Kier molecular flexibility index (Phi) is 5.43. The number of carbonyl (C=O) groups is 2. The number of carbonyl (C=O) groups excluding carboxylic acids is 2. The van der Waals surface area contributed by atoms with Crippen molar-refractivity contribution in [3.63, 3.8) is 0 Å². The minimum Gasteiger partial charge on any atom is -0.326 e. The van der Waals surface area contributed by atoms with Crippen LogP contribution in [0, 0.1) is 0 Å². The van der Waals surface area contributed by atoms with E-state index in [0.717, 1.165) is 0 Å². The van der Waals surface area contributed by atoms with Gasteiger partial charge in [-0.15, -0.1) is 0 Å². The van der Waals surface area contributed by atoms with Crippen molar-refractivity contribution >= 4 is 58.2 Å². The number of nitrogens with one attached hydrogen (secondary N) is 4. The molecule has 0 saturated carbocycles. The number of aromatic nitrogens is 2.